The summed E-state index contributed by atoms with van der Waals surface area (Å²) in [5, 5.41) is -0.261. The monoisotopic (exact) mass is 222 g/mol. The molecule has 1 aromatic rings. The molecule has 1 aromatic carbocycles. The maximum atomic E-state index is 12.9. The predicted octanol–water partition coefficient (Wildman–Crippen LogP) is 2.95. The summed E-state index contributed by atoms with van der Waals surface area (Å²) < 4.78 is 17.7. The summed E-state index contributed by atoms with van der Waals surface area (Å²) >= 11 is 11.1. The second-order valence-electron chi connectivity index (χ2n) is 2.22. The third-order valence-electron chi connectivity index (χ3n) is 1.48. The van der Waals surface area contributed by atoms with Crippen LogP contribution in [0.25, 0.3) is 0 Å². The Bertz CT molecular complexity index is 352. The highest BCUT2D eigenvalue weighted by atomic mass is 35.5. The second-order valence-corrected chi connectivity index (χ2v) is 3.00. The van der Waals surface area contributed by atoms with E-state index in [0.29, 0.717) is 6.29 Å². The summed E-state index contributed by atoms with van der Waals surface area (Å²) in [5.74, 6) is -0.655. The van der Waals surface area contributed by atoms with Crippen molar-refractivity contribution in [3.8, 4) is 5.75 Å². The van der Waals surface area contributed by atoms with Gasteiger partial charge in [-0.15, -0.1) is 0 Å². The van der Waals surface area contributed by atoms with Gasteiger partial charge in [0.15, 0.2) is 6.29 Å². The standard InChI is InChI=1S/C8H5Cl2FO2/c1-13-8-4(3-12)7(10)6(11)2-5(8)9/h2-3H,1H3. The van der Waals surface area contributed by atoms with Gasteiger partial charge < -0.3 is 4.74 Å². The molecule has 70 valence electrons. The maximum Gasteiger partial charge on any atom is 0.155 e. The number of benzene rings is 1. The zero-order chi connectivity index (χ0) is 10.0. The summed E-state index contributed by atoms with van der Waals surface area (Å²) in [7, 11) is 1.32. The Hall–Kier alpha value is -0.800. The lowest BCUT2D eigenvalue weighted by Crippen LogP contribution is -1.95. The molecule has 1 rings (SSSR count). The lowest BCUT2D eigenvalue weighted by molar-refractivity contribution is 0.112. The Morgan fingerprint density at radius 3 is 2.62 bits per heavy atom. The van der Waals surface area contributed by atoms with Crippen molar-refractivity contribution in [2.24, 2.45) is 0 Å². The van der Waals surface area contributed by atoms with Crippen molar-refractivity contribution in [2.45, 2.75) is 0 Å². The van der Waals surface area contributed by atoms with Crippen molar-refractivity contribution in [1.82, 2.24) is 0 Å². The van der Waals surface area contributed by atoms with Crippen LogP contribution in [0.4, 0.5) is 4.39 Å². The average molecular weight is 223 g/mol. The number of ether oxygens (including phenoxy) is 1. The van der Waals surface area contributed by atoms with Gasteiger partial charge in [0.25, 0.3) is 0 Å². The largest absolute Gasteiger partial charge is 0.494 e. The lowest BCUT2D eigenvalue weighted by Gasteiger charge is -2.07. The molecule has 0 atom stereocenters. The molecular formula is C8H5Cl2FO2. The Morgan fingerprint density at radius 2 is 2.15 bits per heavy atom. The molecule has 2 nitrogen and oxygen atoms in total. The van der Waals surface area contributed by atoms with Crippen molar-refractivity contribution in [2.75, 3.05) is 7.11 Å². The van der Waals surface area contributed by atoms with E-state index in [1.165, 1.54) is 7.11 Å². The Morgan fingerprint density at radius 1 is 1.54 bits per heavy atom. The van der Waals surface area contributed by atoms with Crippen molar-refractivity contribution in [3.63, 3.8) is 0 Å². The van der Waals surface area contributed by atoms with E-state index < -0.39 is 5.82 Å². The Labute approximate surface area is 84.2 Å². The van der Waals surface area contributed by atoms with E-state index in [4.69, 9.17) is 27.9 Å². The minimum atomic E-state index is -0.741. The van der Waals surface area contributed by atoms with E-state index in [9.17, 15) is 9.18 Å². The minimum absolute atomic E-state index is 0.0199. The van der Waals surface area contributed by atoms with Gasteiger partial charge in [-0.05, 0) is 6.07 Å². The summed E-state index contributed by atoms with van der Waals surface area (Å²) in [5.41, 5.74) is -0.0748. The normalized spacial score (nSPS) is 9.85. The van der Waals surface area contributed by atoms with E-state index in [1.54, 1.807) is 0 Å². The van der Waals surface area contributed by atoms with Gasteiger partial charge in [0.2, 0.25) is 0 Å². The van der Waals surface area contributed by atoms with Crippen LogP contribution in [0.3, 0.4) is 0 Å². The van der Waals surface area contributed by atoms with Crippen LogP contribution in [0.2, 0.25) is 10.0 Å². The van der Waals surface area contributed by atoms with E-state index in [2.05, 4.69) is 0 Å². The topological polar surface area (TPSA) is 26.3 Å². The molecule has 5 heteroatoms. The third-order valence-corrected chi connectivity index (χ3v) is 2.15. The molecule has 0 fully saturated rings. The summed E-state index contributed by atoms with van der Waals surface area (Å²) in [4.78, 5) is 10.5. The van der Waals surface area contributed by atoms with Gasteiger partial charge in [-0.25, -0.2) is 4.39 Å². The summed E-state index contributed by atoms with van der Waals surface area (Å²) in [6, 6.07) is 0.996. The summed E-state index contributed by atoms with van der Waals surface area (Å²) in [6.07, 6.45) is 0.399. The number of aldehydes is 1. The van der Waals surface area contributed by atoms with E-state index in [-0.39, 0.29) is 21.4 Å². The van der Waals surface area contributed by atoms with Crippen LogP contribution in [0.5, 0.6) is 5.75 Å². The first-order valence-corrected chi connectivity index (χ1v) is 4.04. The highest BCUT2D eigenvalue weighted by Crippen LogP contribution is 2.34. The van der Waals surface area contributed by atoms with Gasteiger partial charge in [-0.2, -0.15) is 0 Å². The van der Waals surface area contributed by atoms with E-state index in [1.807, 2.05) is 0 Å². The number of carbonyl (C=O) groups is 1. The molecule has 0 bridgehead atoms. The lowest BCUT2D eigenvalue weighted by atomic mass is 10.2. The van der Waals surface area contributed by atoms with E-state index >= 15 is 0 Å². The van der Waals surface area contributed by atoms with Crippen LogP contribution in [-0.4, -0.2) is 13.4 Å². The number of hydrogen-bond acceptors (Lipinski definition) is 2. The fourth-order valence-electron chi connectivity index (χ4n) is 0.910. The van der Waals surface area contributed by atoms with Gasteiger partial charge in [-0.1, -0.05) is 23.2 Å². The minimum Gasteiger partial charge on any atom is -0.494 e. The van der Waals surface area contributed by atoms with Gasteiger partial charge >= 0.3 is 0 Å². The Kier molecular flexibility index (Phi) is 3.12. The molecule has 0 heterocycles. The number of carbonyl (C=O) groups excluding carboxylic acids is 1. The quantitative estimate of drug-likeness (QED) is 0.569. The van der Waals surface area contributed by atoms with E-state index in [0.717, 1.165) is 6.07 Å². The summed E-state index contributed by atoms with van der Waals surface area (Å²) in [6.45, 7) is 0. The molecular weight excluding hydrogens is 218 g/mol. The van der Waals surface area contributed by atoms with Gasteiger partial charge in [-0.3, -0.25) is 4.79 Å². The number of halogens is 3. The molecule has 0 spiro atoms. The molecule has 0 aromatic heterocycles. The number of methoxy groups -OCH3 is 1. The first-order chi connectivity index (χ1) is 6.11. The first kappa shape index (κ1) is 10.3. The van der Waals surface area contributed by atoms with Gasteiger partial charge in [0.05, 0.1) is 22.7 Å². The van der Waals surface area contributed by atoms with Gasteiger partial charge in [0, 0.05) is 0 Å². The molecule has 0 aliphatic heterocycles. The second kappa shape index (κ2) is 3.94. The van der Waals surface area contributed by atoms with Crippen LogP contribution >= 0.6 is 23.2 Å². The van der Waals surface area contributed by atoms with Crippen LogP contribution in [0, 0.1) is 5.82 Å². The predicted molar refractivity (Wildman–Crippen MR) is 48.4 cm³/mol. The van der Waals surface area contributed by atoms with Crippen molar-refractivity contribution < 1.29 is 13.9 Å². The van der Waals surface area contributed by atoms with Crippen LogP contribution in [-0.2, 0) is 0 Å². The molecule has 0 radical (unpaired) electrons. The van der Waals surface area contributed by atoms with Crippen molar-refractivity contribution in [3.05, 3.63) is 27.5 Å². The zero-order valence-corrected chi connectivity index (χ0v) is 8.12. The molecule has 13 heavy (non-hydrogen) atoms. The highest BCUT2D eigenvalue weighted by molar-refractivity contribution is 6.36. The van der Waals surface area contributed by atoms with Crippen LogP contribution in [0.15, 0.2) is 6.07 Å². The van der Waals surface area contributed by atoms with Crippen LogP contribution < -0.4 is 4.74 Å². The average Bonchev–Trinajstić information content (AvgIpc) is 2.10. The third kappa shape index (κ3) is 1.76. The first-order valence-electron chi connectivity index (χ1n) is 3.28. The number of hydrogen-bond donors (Lipinski definition) is 0. The fourth-order valence-corrected chi connectivity index (χ4v) is 1.37. The number of rotatable bonds is 2. The SMILES string of the molecule is COc1c(Cl)cc(F)c(Cl)c1C=O. The maximum absolute atomic E-state index is 12.9. The fraction of sp³-hybridized carbons (Fsp3) is 0.125. The molecule has 0 unspecified atom stereocenters. The van der Waals surface area contributed by atoms with Gasteiger partial charge in [0.1, 0.15) is 11.6 Å². The Balaban J connectivity index is 3.50. The van der Waals surface area contributed by atoms with Crippen molar-refractivity contribution in [1.29, 1.82) is 0 Å². The van der Waals surface area contributed by atoms with Crippen molar-refractivity contribution >= 4 is 29.5 Å². The molecule has 0 aliphatic carbocycles. The molecule has 0 N–H and O–H groups in total. The highest BCUT2D eigenvalue weighted by Gasteiger charge is 2.15. The molecule has 0 amide bonds. The molecule has 0 saturated carbocycles. The zero-order valence-electron chi connectivity index (χ0n) is 6.61. The van der Waals surface area contributed by atoms with Crippen LogP contribution in [0.1, 0.15) is 10.4 Å². The molecule has 0 aliphatic rings. The smallest absolute Gasteiger partial charge is 0.155 e. The molecule has 0 saturated heterocycles.